The average Bonchev–Trinajstić information content (AvgIpc) is 2.82. The Bertz CT molecular complexity index is 357. The topological polar surface area (TPSA) is 39.1 Å². The largest absolute Gasteiger partial charge is 0.369 e. The van der Waals surface area contributed by atoms with Gasteiger partial charge in [-0.25, -0.2) is 4.98 Å². The minimum Gasteiger partial charge on any atom is -0.369 e. The standard InChI is InChI=1S/C12H19N3O/c1-9-4-10(9)7-15-8-14-5-11(15)12-6-13-2-3-16-12/h5,8-10,12-13H,2-4,6-7H2,1H3. The lowest BCUT2D eigenvalue weighted by molar-refractivity contribution is 0.0226. The Morgan fingerprint density at radius 3 is 3.19 bits per heavy atom. The molecule has 3 rings (SSSR count). The maximum Gasteiger partial charge on any atom is 0.111 e. The molecule has 2 aliphatic rings. The van der Waals surface area contributed by atoms with E-state index in [9.17, 15) is 0 Å². The number of hydrogen-bond acceptors (Lipinski definition) is 3. The second-order valence-corrected chi connectivity index (χ2v) is 5.01. The van der Waals surface area contributed by atoms with E-state index in [1.807, 2.05) is 12.5 Å². The first-order chi connectivity index (χ1) is 7.84. The van der Waals surface area contributed by atoms with Crippen molar-refractivity contribution in [2.24, 2.45) is 11.8 Å². The normalized spacial score (nSPS) is 33.9. The van der Waals surface area contributed by atoms with Gasteiger partial charge in [-0.1, -0.05) is 6.92 Å². The molecule has 0 radical (unpaired) electrons. The smallest absolute Gasteiger partial charge is 0.111 e. The number of nitrogens with one attached hydrogen (secondary N) is 1. The SMILES string of the molecule is CC1CC1Cn1cncc1C1CNCCO1. The van der Waals surface area contributed by atoms with Crippen LogP contribution in [-0.2, 0) is 11.3 Å². The maximum atomic E-state index is 5.77. The average molecular weight is 221 g/mol. The van der Waals surface area contributed by atoms with E-state index in [4.69, 9.17) is 4.74 Å². The van der Waals surface area contributed by atoms with Crippen LogP contribution in [0.25, 0.3) is 0 Å². The molecule has 0 amide bonds. The van der Waals surface area contributed by atoms with Gasteiger partial charge in [0.25, 0.3) is 0 Å². The van der Waals surface area contributed by atoms with Crippen molar-refractivity contribution in [2.75, 3.05) is 19.7 Å². The minimum absolute atomic E-state index is 0.185. The first kappa shape index (κ1) is 10.3. The van der Waals surface area contributed by atoms with E-state index in [1.165, 1.54) is 12.1 Å². The maximum absolute atomic E-state index is 5.77. The molecule has 1 aromatic heterocycles. The highest BCUT2D eigenvalue weighted by Gasteiger charge is 2.33. The molecule has 0 spiro atoms. The van der Waals surface area contributed by atoms with Crippen LogP contribution in [0, 0.1) is 11.8 Å². The second-order valence-electron chi connectivity index (χ2n) is 5.01. The molecule has 4 nitrogen and oxygen atoms in total. The molecule has 4 heteroatoms. The van der Waals surface area contributed by atoms with E-state index in [0.29, 0.717) is 0 Å². The second kappa shape index (κ2) is 4.18. The van der Waals surface area contributed by atoms with Gasteiger partial charge in [0.05, 0.1) is 24.8 Å². The highest BCUT2D eigenvalue weighted by molar-refractivity contribution is 5.05. The Balaban J connectivity index is 1.70. The summed E-state index contributed by atoms with van der Waals surface area (Å²) in [5.74, 6) is 1.74. The number of ether oxygens (including phenoxy) is 1. The van der Waals surface area contributed by atoms with E-state index in [0.717, 1.165) is 38.1 Å². The van der Waals surface area contributed by atoms with Crippen molar-refractivity contribution in [3.05, 3.63) is 18.2 Å². The number of nitrogens with zero attached hydrogens (tertiary/aromatic N) is 2. The van der Waals surface area contributed by atoms with E-state index < -0.39 is 0 Å². The first-order valence-electron chi connectivity index (χ1n) is 6.17. The van der Waals surface area contributed by atoms with Gasteiger partial charge in [-0.2, -0.15) is 0 Å². The number of aromatic nitrogens is 2. The molecule has 1 N–H and O–H groups in total. The van der Waals surface area contributed by atoms with Crippen LogP contribution in [0.1, 0.15) is 25.1 Å². The molecular formula is C12H19N3O. The zero-order valence-corrected chi connectivity index (χ0v) is 9.72. The van der Waals surface area contributed by atoms with Crippen LogP contribution in [0.2, 0.25) is 0 Å². The van der Waals surface area contributed by atoms with Gasteiger partial charge >= 0.3 is 0 Å². The quantitative estimate of drug-likeness (QED) is 0.833. The lowest BCUT2D eigenvalue weighted by atomic mass is 10.2. The van der Waals surface area contributed by atoms with Gasteiger partial charge in [0, 0.05) is 19.6 Å². The van der Waals surface area contributed by atoms with E-state index in [-0.39, 0.29) is 6.10 Å². The first-order valence-corrected chi connectivity index (χ1v) is 6.17. The van der Waals surface area contributed by atoms with E-state index in [2.05, 4.69) is 21.8 Å². The molecular weight excluding hydrogens is 202 g/mol. The van der Waals surface area contributed by atoms with Crippen LogP contribution >= 0.6 is 0 Å². The number of rotatable bonds is 3. The predicted octanol–water partition coefficient (Wildman–Crippen LogP) is 1.20. The van der Waals surface area contributed by atoms with Gasteiger partial charge in [-0.3, -0.25) is 0 Å². The van der Waals surface area contributed by atoms with Crippen molar-refractivity contribution in [2.45, 2.75) is 26.0 Å². The van der Waals surface area contributed by atoms with Gasteiger partial charge in [-0.15, -0.1) is 0 Å². The summed E-state index contributed by atoms with van der Waals surface area (Å²) in [6, 6.07) is 0. The van der Waals surface area contributed by atoms with Crippen LogP contribution in [0.4, 0.5) is 0 Å². The molecule has 1 aromatic rings. The molecule has 1 saturated carbocycles. The minimum atomic E-state index is 0.185. The highest BCUT2D eigenvalue weighted by atomic mass is 16.5. The highest BCUT2D eigenvalue weighted by Crippen LogP contribution is 2.39. The molecule has 1 saturated heterocycles. The fraction of sp³-hybridized carbons (Fsp3) is 0.750. The monoisotopic (exact) mass is 221 g/mol. The van der Waals surface area contributed by atoms with Gasteiger partial charge in [0.2, 0.25) is 0 Å². The van der Waals surface area contributed by atoms with Gasteiger partial charge in [0.15, 0.2) is 0 Å². The molecule has 2 fully saturated rings. The Morgan fingerprint density at radius 1 is 1.62 bits per heavy atom. The molecule has 0 aromatic carbocycles. The number of morpholine rings is 1. The molecule has 2 heterocycles. The Labute approximate surface area is 96.0 Å². The van der Waals surface area contributed by atoms with E-state index in [1.54, 1.807) is 0 Å². The van der Waals surface area contributed by atoms with Crippen molar-refractivity contribution in [1.29, 1.82) is 0 Å². The molecule has 3 atom stereocenters. The molecule has 1 aliphatic heterocycles. The third-order valence-electron chi connectivity index (χ3n) is 3.71. The van der Waals surface area contributed by atoms with Crippen molar-refractivity contribution in [3.63, 3.8) is 0 Å². The van der Waals surface area contributed by atoms with Crippen molar-refractivity contribution < 1.29 is 4.74 Å². The molecule has 16 heavy (non-hydrogen) atoms. The fourth-order valence-corrected chi connectivity index (χ4v) is 2.41. The summed E-state index contributed by atoms with van der Waals surface area (Å²) in [6.45, 7) is 6.10. The third kappa shape index (κ3) is 1.99. The lowest BCUT2D eigenvalue weighted by Crippen LogP contribution is -2.34. The van der Waals surface area contributed by atoms with Gasteiger partial charge in [-0.05, 0) is 18.3 Å². The summed E-state index contributed by atoms with van der Waals surface area (Å²) in [6.07, 6.45) is 5.44. The van der Waals surface area contributed by atoms with Crippen LogP contribution in [0.15, 0.2) is 12.5 Å². The molecule has 1 aliphatic carbocycles. The van der Waals surface area contributed by atoms with Crippen LogP contribution in [-0.4, -0.2) is 29.2 Å². The number of hydrogen-bond donors (Lipinski definition) is 1. The zero-order valence-electron chi connectivity index (χ0n) is 9.72. The lowest BCUT2D eigenvalue weighted by Gasteiger charge is -2.24. The van der Waals surface area contributed by atoms with Crippen LogP contribution in [0.3, 0.4) is 0 Å². The van der Waals surface area contributed by atoms with Crippen molar-refractivity contribution in [1.82, 2.24) is 14.9 Å². The summed E-state index contributed by atoms with van der Waals surface area (Å²) < 4.78 is 8.04. The number of imidazole rings is 1. The Kier molecular flexibility index (Phi) is 2.69. The van der Waals surface area contributed by atoms with Gasteiger partial charge in [0.1, 0.15) is 6.10 Å². The summed E-state index contributed by atoms with van der Waals surface area (Å²) in [4.78, 5) is 4.26. The van der Waals surface area contributed by atoms with Crippen LogP contribution < -0.4 is 5.32 Å². The molecule has 88 valence electrons. The van der Waals surface area contributed by atoms with Crippen LogP contribution in [0.5, 0.6) is 0 Å². The predicted molar refractivity (Wildman–Crippen MR) is 61.1 cm³/mol. The fourth-order valence-electron chi connectivity index (χ4n) is 2.41. The Hall–Kier alpha value is -0.870. The summed E-state index contributed by atoms with van der Waals surface area (Å²) in [5.41, 5.74) is 1.23. The summed E-state index contributed by atoms with van der Waals surface area (Å²) in [7, 11) is 0. The summed E-state index contributed by atoms with van der Waals surface area (Å²) >= 11 is 0. The Morgan fingerprint density at radius 2 is 2.50 bits per heavy atom. The van der Waals surface area contributed by atoms with E-state index >= 15 is 0 Å². The van der Waals surface area contributed by atoms with Crippen molar-refractivity contribution >= 4 is 0 Å². The summed E-state index contributed by atoms with van der Waals surface area (Å²) in [5, 5.41) is 3.36. The molecule has 3 unspecified atom stereocenters. The molecule has 0 bridgehead atoms. The third-order valence-corrected chi connectivity index (χ3v) is 3.71. The van der Waals surface area contributed by atoms with Crippen molar-refractivity contribution in [3.8, 4) is 0 Å². The zero-order chi connectivity index (χ0) is 11.0. The van der Waals surface area contributed by atoms with Gasteiger partial charge < -0.3 is 14.6 Å².